The number of aryl methyl sites for hydroxylation is 1. The standard InChI is InChI=1S/C13H13F2N3O2/c1-7-10(13(3,14)15)4-5-11(17-7)18-8(2)9(6-16-18)12(19)20/h4-6H,1-3H3,(H,19,20). The van der Waals surface area contributed by atoms with Gasteiger partial charge in [-0.3, -0.25) is 0 Å². The summed E-state index contributed by atoms with van der Waals surface area (Å²) in [5, 5.41) is 12.9. The molecule has 2 aromatic heterocycles. The summed E-state index contributed by atoms with van der Waals surface area (Å²) in [5.41, 5.74) is 0.459. The molecule has 0 saturated heterocycles. The van der Waals surface area contributed by atoms with Gasteiger partial charge < -0.3 is 5.11 Å². The molecule has 20 heavy (non-hydrogen) atoms. The molecule has 0 atom stereocenters. The number of hydrogen-bond acceptors (Lipinski definition) is 3. The van der Waals surface area contributed by atoms with Crippen LogP contribution in [0.5, 0.6) is 0 Å². The number of carbonyl (C=O) groups is 1. The predicted molar refractivity (Wildman–Crippen MR) is 67.4 cm³/mol. The van der Waals surface area contributed by atoms with Gasteiger partial charge in [-0.15, -0.1) is 0 Å². The van der Waals surface area contributed by atoms with Gasteiger partial charge in [0.05, 0.1) is 11.9 Å². The molecule has 106 valence electrons. The Morgan fingerprint density at radius 3 is 2.45 bits per heavy atom. The zero-order chi connectivity index (χ0) is 15.1. The first-order valence-electron chi connectivity index (χ1n) is 5.86. The van der Waals surface area contributed by atoms with Crippen LogP contribution in [-0.2, 0) is 5.92 Å². The summed E-state index contributed by atoms with van der Waals surface area (Å²) < 4.78 is 27.9. The van der Waals surface area contributed by atoms with Gasteiger partial charge in [0.1, 0.15) is 5.56 Å². The summed E-state index contributed by atoms with van der Waals surface area (Å²) in [6, 6.07) is 2.67. The van der Waals surface area contributed by atoms with E-state index in [1.807, 2.05) is 0 Å². The molecule has 5 nitrogen and oxygen atoms in total. The molecule has 0 saturated carbocycles. The van der Waals surface area contributed by atoms with E-state index in [9.17, 15) is 13.6 Å². The van der Waals surface area contributed by atoms with Crippen LogP contribution in [0.2, 0.25) is 0 Å². The Morgan fingerprint density at radius 1 is 1.35 bits per heavy atom. The highest BCUT2D eigenvalue weighted by molar-refractivity contribution is 5.88. The molecule has 0 aliphatic rings. The van der Waals surface area contributed by atoms with Gasteiger partial charge in [-0.05, 0) is 26.0 Å². The Labute approximate surface area is 113 Å². The van der Waals surface area contributed by atoms with Crippen molar-refractivity contribution in [3.05, 3.63) is 40.8 Å². The summed E-state index contributed by atoms with van der Waals surface area (Å²) >= 11 is 0. The number of nitrogens with zero attached hydrogens (tertiary/aromatic N) is 3. The van der Waals surface area contributed by atoms with E-state index in [4.69, 9.17) is 5.11 Å². The monoisotopic (exact) mass is 281 g/mol. The Bertz CT molecular complexity index is 675. The first-order chi connectivity index (χ1) is 9.21. The van der Waals surface area contributed by atoms with Gasteiger partial charge in [-0.2, -0.15) is 5.10 Å². The fourth-order valence-corrected chi connectivity index (χ4v) is 1.98. The van der Waals surface area contributed by atoms with E-state index in [0.29, 0.717) is 11.5 Å². The van der Waals surface area contributed by atoms with Crippen molar-refractivity contribution in [1.82, 2.24) is 14.8 Å². The molecular weight excluding hydrogens is 268 g/mol. The highest BCUT2D eigenvalue weighted by Gasteiger charge is 2.27. The third kappa shape index (κ3) is 2.38. The maximum absolute atomic E-state index is 13.3. The van der Waals surface area contributed by atoms with Gasteiger partial charge >= 0.3 is 5.97 Å². The molecule has 0 bridgehead atoms. The Hall–Kier alpha value is -2.31. The fourth-order valence-electron chi connectivity index (χ4n) is 1.98. The summed E-state index contributed by atoms with van der Waals surface area (Å²) in [7, 11) is 0. The van der Waals surface area contributed by atoms with Crippen LogP contribution in [0.25, 0.3) is 5.82 Å². The van der Waals surface area contributed by atoms with Crippen LogP contribution in [0.4, 0.5) is 8.78 Å². The van der Waals surface area contributed by atoms with E-state index >= 15 is 0 Å². The Morgan fingerprint density at radius 2 is 2.00 bits per heavy atom. The number of rotatable bonds is 3. The van der Waals surface area contributed by atoms with Crippen molar-refractivity contribution in [3.63, 3.8) is 0 Å². The largest absolute Gasteiger partial charge is 0.478 e. The Balaban J connectivity index is 2.50. The van der Waals surface area contributed by atoms with E-state index in [1.54, 1.807) is 6.92 Å². The van der Waals surface area contributed by atoms with E-state index < -0.39 is 11.9 Å². The third-order valence-electron chi connectivity index (χ3n) is 3.00. The maximum atomic E-state index is 13.3. The molecular formula is C13H13F2N3O2. The average Bonchev–Trinajstić information content (AvgIpc) is 2.69. The van der Waals surface area contributed by atoms with Crippen LogP contribution in [0.3, 0.4) is 0 Å². The molecule has 0 aromatic carbocycles. The van der Waals surface area contributed by atoms with Crippen LogP contribution < -0.4 is 0 Å². The van der Waals surface area contributed by atoms with Crippen molar-refractivity contribution in [3.8, 4) is 5.82 Å². The number of halogens is 2. The molecule has 2 rings (SSSR count). The SMILES string of the molecule is Cc1nc(-n2ncc(C(=O)O)c2C)ccc1C(C)(F)F. The smallest absolute Gasteiger partial charge is 0.339 e. The van der Waals surface area contributed by atoms with Gasteiger partial charge in [0.2, 0.25) is 0 Å². The first-order valence-corrected chi connectivity index (χ1v) is 5.86. The topological polar surface area (TPSA) is 68.0 Å². The second-order valence-corrected chi connectivity index (χ2v) is 4.55. The molecule has 0 unspecified atom stereocenters. The van der Waals surface area contributed by atoms with Gasteiger partial charge in [-0.1, -0.05) is 0 Å². The van der Waals surface area contributed by atoms with Gasteiger partial charge in [0.25, 0.3) is 5.92 Å². The van der Waals surface area contributed by atoms with Crippen molar-refractivity contribution < 1.29 is 18.7 Å². The molecule has 0 amide bonds. The Kier molecular flexibility index (Phi) is 3.29. The van der Waals surface area contributed by atoms with Crippen molar-refractivity contribution in [2.45, 2.75) is 26.7 Å². The number of pyridine rings is 1. The van der Waals surface area contributed by atoms with Crippen LogP contribution in [0.1, 0.15) is 34.2 Å². The summed E-state index contributed by atoms with van der Waals surface area (Å²) in [5.74, 6) is -3.76. The van der Waals surface area contributed by atoms with E-state index in [2.05, 4.69) is 10.1 Å². The zero-order valence-corrected chi connectivity index (χ0v) is 11.2. The van der Waals surface area contributed by atoms with Crippen molar-refractivity contribution in [2.24, 2.45) is 0 Å². The summed E-state index contributed by atoms with van der Waals surface area (Å²) in [6.07, 6.45) is 1.21. The normalized spacial score (nSPS) is 11.7. The van der Waals surface area contributed by atoms with E-state index in [-0.39, 0.29) is 16.8 Å². The van der Waals surface area contributed by atoms with Crippen LogP contribution >= 0.6 is 0 Å². The maximum Gasteiger partial charge on any atom is 0.339 e. The molecule has 0 radical (unpaired) electrons. The third-order valence-corrected chi connectivity index (χ3v) is 3.00. The molecule has 2 aromatic rings. The number of carboxylic acid groups (broad SMARTS) is 1. The van der Waals surface area contributed by atoms with Gasteiger partial charge in [0, 0.05) is 18.2 Å². The number of aromatic carboxylic acids is 1. The van der Waals surface area contributed by atoms with Crippen LogP contribution in [0, 0.1) is 13.8 Å². The minimum Gasteiger partial charge on any atom is -0.478 e. The number of alkyl halides is 2. The van der Waals surface area contributed by atoms with Crippen LogP contribution in [-0.4, -0.2) is 25.8 Å². The number of hydrogen-bond donors (Lipinski definition) is 1. The molecule has 0 aliphatic carbocycles. The second-order valence-electron chi connectivity index (χ2n) is 4.55. The molecule has 1 N–H and O–H groups in total. The van der Waals surface area contributed by atoms with E-state index in [0.717, 1.165) is 6.92 Å². The van der Waals surface area contributed by atoms with Crippen molar-refractivity contribution in [1.29, 1.82) is 0 Å². The quantitative estimate of drug-likeness (QED) is 0.939. The fraction of sp³-hybridized carbons (Fsp3) is 0.308. The molecule has 0 spiro atoms. The summed E-state index contributed by atoms with van der Waals surface area (Å²) in [4.78, 5) is 15.0. The minimum atomic E-state index is -2.97. The highest BCUT2D eigenvalue weighted by Crippen LogP contribution is 2.29. The molecule has 0 fully saturated rings. The lowest BCUT2D eigenvalue weighted by Gasteiger charge is -2.14. The lowest BCUT2D eigenvalue weighted by molar-refractivity contribution is 0.0164. The minimum absolute atomic E-state index is 0.0503. The average molecular weight is 281 g/mol. The van der Waals surface area contributed by atoms with Crippen molar-refractivity contribution >= 4 is 5.97 Å². The lowest BCUT2D eigenvalue weighted by Crippen LogP contribution is -2.12. The van der Waals surface area contributed by atoms with Crippen LogP contribution in [0.15, 0.2) is 18.3 Å². The van der Waals surface area contributed by atoms with Crippen molar-refractivity contribution in [2.75, 3.05) is 0 Å². The predicted octanol–water partition coefficient (Wildman–Crippen LogP) is 2.69. The lowest BCUT2D eigenvalue weighted by atomic mass is 10.1. The zero-order valence-electron chi connectivity index (χ0n) is 11.2. The highest BCUT2D eigenvalue weighted by atomic mass is 19.3. The first kappa shape index (κ1) is 14.1. The number of carboxylic acids is 1. The number of aromatic nitrogens is 3. The molecule has 7 heteroatoms. The summed E-state index contributed by atoms with van der Waals surface area (Å²) in [6.45, 7) is 3.86. The van der Waals surface area contributed by atoms with Gasteiger partial charge in [-0.25, -0.2) is 23.2 Å². The van der Waals surface area contributed by atoms with Gasteiger partial charge in [0.15, 0.2) is 5.82 Å². The molecule has 2 heterocycles. The van der Waals surface area contributed by atoms with E-state index in [1.165, 1.54) is 29.9 Å². The molecule has 0 aliphatic heterocycles. The second kappa shape index (κ2) is 4.66.